The summed E-state index contributed by atoms with van der Waals surface area (Å²) in [5.41, 5.74) is 0. The van der Waals surface area contributed by atoms with E-state index in [0.29, 0.717) is 19.4 Å². The maximum absolute atomic E-state index is 12.6. The molecule has 0 aromatic rings. The summed E-state index contributed by atoms with van der Waals surface area (Å²) >= 11 is 0. The van der Waals surface area contributed by atoms with Gasteiger partial charge in [0.05, 0.1) is 25.4 Å². The standard InChI is InChI=1S/C87H169NO5/c1-3-5-7-9-11-13-15-17-19-20-21-22-40-43-46-49-52-55-59-63-67-71-75-79-85(90)84(83-89)88-86(91)80-76-72-68-64-60-56-53-50-47-44-41-38-36-34-32-30-28-26-24-23-25-27-29-31-33-35-37-39-42-45-48-51-54-58-62-66-70-74-78-82-93-87(92)81-77-73-69-65-61-57-18-16-14-12-10-8-6-4-2/h16,18,75,79,84-85,89-90H,3-15,17,19-74,76-78,80-83H2,1-2H3,(H,88,91)/b18-16-,79-75+. The van der Waals surface area contributed by atoms with Gasteiger partial charge < -0.3 is 20.3 Å². The second-order valence-electron chi connectivity index (χ2n) is 29.9. The highest BCUT2D eigenvalue weighted by Crippen LogP contribution is 2.21. The SMILES string of the molecule is CCCCCCC/C=C\CCCCCCCC(=O)OCCCCCCCCCCCCCCCCCCCCCCCCCCCCCCCCCCCCCCCCCC(=O)NC(CO)C(O)/C=C/CCCCCCCCCCCCCCCCCCCCCCC. The molecule has 0 aromatic heterocycles. The van der Waals surface area contributed by atoms with Gasteiger partial charge in [-0.05, 0) is 57.8 Å². The summed E-state index contributed by atoms with van der Waals surface area (Å²) < 4.78 is 5.50. The van der Waals surface area contributed by atoms with Crippen LogP contribution in [0.2, 0.25) is 0 Å². The first kappa shape index (κ1) is 91.3. The Hall–Kier alpha value is -1.66. The summed E-state index contributed by atoms with van der Waals surface area (Å²) in [5, 5.41) is 23.3. The second-order valence-corrected chi connectivity index (χ2v) is 29.9. The number of amides is 1. The number of hydrogen-bond donors (Lipinski definition) is 3. The van der Waals surface area contributed by atoms with Crippen molar-refractivity contribution in [2.75, 3.05) is 13.2 Å². The molecule has 2 unspecified atom stereocenters. The predicted molar refractivity (Wildman–Crippen MR) is 412 cm³/mol. The molecule has 1 amide bonds. The number of unbranched alkanes of at least 4 members (excludes halogenated alkanes) is 69. The van der Waals surface area contributed by atoms with E-state index in [9.17, 15) is 19.8 Å². The van der Waals surface area contributed by atoms with Gasteiger partial charge in [0.2, 0.25) is 5.91 Å². The number of rotatable bonds is 82. The van der Waals surface area contributed by atoms with Crippen molar-refractivity contribution in [3.63, 3.8) is 0 Å². The Kier molecular flexibility index (Phi) is 81.3. The summed E-state index contributed by atoms with van der Waals surface area (Å²) in [6.45, 7) is 4.95. The van der Waals surface area contributed by atoms with Crippen LogP contribution < -0.4 is 5.32 Å². The maximum atomic E-state index is 12.6. The van der Waals surface area contributed by atoms with Crippen LogP contribution in [0.15, 0.2) is 24.3 Å². The van der Waals surface area contributed by atoms with Gasteiger partial charge in [0.1, 0.15) is 0 Å². The van der Waals surface area contributed by atoms with Crippen molar-refractivity contribution < 1.29 is 24.5 Å². The first-order valence-corrected chi connectivity index (χ1v) is 43.1. The third kappa shape index (κ3) is 79.2. The van der Waals surface area contributed by atoms with Gasteiger partial charge in [0.25, 0.3) is 0 Å². The molecule has 0 rings (SSSR count). The highest BCUT2D eigenvalue weighted by molar-refractivity contribution is 5.76. The first-order valence-electron chi connectivity index (χ1n) is 43.1. The Morgan fingerprint density at radius 2 is 0.505 bits per heavy atom. The van der Waals surface area contributed by atoms with Crippen LogP contribution >= 0.6 is 0 Å². The number of nitrogens with one attached hydrogen (secondary N) is 1. The Balaban J connectivity index is 3.32. The van der Waals surface area contributed by atoms with Gasteiger partial charge in [0, 0.05) is 12.8 Å². The third-order valence-electron chi connectivity index (χ3n) is 20.5. The van der Waals surface area contributed by atoms with E-state index in [1.54, 1.807) is 6.08 Å². The van der Waals surface area contributed by atoms with Crippen molar-refractivity contribution in [1.82, 2.24) is 5.32 Å². The molecule has 552 valence electrons. The molecule has 0 spiro atoms. The van der Waals surface area contributed by atoms with Gasteiger partial charge in [0.15, 0.2) is 0 Å². The van der Waals surface area contributed by atoms with Crippen LogP contribution in [0.25, 0.3) is 0 Å². The fourth-order valence-electron chi connectivity index (χ4n) is 13.9. The quantitative estimate of drug-likeness (QED) is 0.0320. The minimum Gasteiger partial charge on any atom is -0.466 e. The van der Waals surface area contributed by atoms with E-state index in [-0.39, 0.29) is 18.5 Å². The van der Waals surface area contributed by atoms with E-state index < -0.39 is 12.1 Å². The minimum absolute atomic E-state index is 0.0163. The van der Waals surface area contributed by atoms with Gasteiger partial charge in [-0.25, -0.2) is 0 Å². The van der Waals surface area contributed by atoms with Crippen molar-refractivity contribution in [1.29, 1.82) is 0 Å². The zero-order chi connectivity index (χ0) is 67.0. The van der Waals surface area contributed by atoms with Crippen LogP contribution in [0.3, 0.4) is 0 Å². The molecular weight excluding hydrogens is 1140 g/mol. The van der Waals surface area contributed by atoms with E-state index in [2.05, 4.69) is 31.3 Å². The van der Waals surface area contributed by atoms with E-state index in [1.165, 1.54) is 424 Å². The maximum Gasteiger partial charge on any atom is 0.305 e. The Morgan fingerprint density at radius 3 is 0.763 bits per heavy atom. The van der Waals surface area contributed by atoms with Crippen LogP contribution in [0.5, 0.6) is 0 Å². The zero-order valence-corrected chi connectivity index (χ0v) is 63.5. The Morgan fingerprint density at radius 1 is 0.290 bits per heavy atom. The zero-order valence-electron chi connectivity index (χ0n) is 63.5. The summed E-state index contributed by atoms with van der Waals surface area (Å²) in [4.78, 5) is 24.6. The van der Waals surface area contributed by atoms with E-state index in [1.807, 2.05) is 6.08 Å². The molecule has 2 atom stereocenters. The Bertz CT molecular complexity index is 1460. The molecular formula is C87H169NO5. The molecule has 0 saturated heterocycles. The lowest BCUT2D eigenvalue weighted by Gasteiger charge is -2.20. The Labute approximate surface area is 583 Å². The molecule has 6 heteroatoms. The largest absolute Gasteiger partial charge is 0.466 e. The highest BCUT2D eigenvalue weighted by Gasteiger charge is 2.18. The van der Waals surface area contributed by atoms with Gasteiger partial charge in [-0.15, -0.1) is 0 Å². The minimum atomic E-state index is -0.841. The van der Waals surface area contributed by atoms with Crippen LogP contribution in [-0.2, 0) is 14.3 Å². The van der Waals surface area contributed by atoms with Crippen molar-refractivity contribution in [2.24, 2.45) is 0 Å². The smallest absolute Gasteiger partial charge is 0.305 e. The number of ether oxygens (including phenoxy) is 1. The average molecular weight is 1310 g/mol. The average Bonchev–Trinajstić information content (AvgIpc) is 3.78. The van der Waals surface area contributed by atoms with Crippen LogP contribution in [0.1, 0.15) is 495 Å². The van der Waals surface area contributed by atoms with Crippen LogP contribution in [-0.4, -0.2) is 47.4 Å². The van der Waals surface area contributed by atoms with Gasteiger partial charge in [-0.3, -0.25) is 9.59 Å². The molecule has 6 nitrogen and oxygen atoms in total. The number of hydrogen-bond acceptors (Lipinski definition) is 5. The molecule has 0 aliphatic carbocycles. The number of aliphatic hydroxyl groups excluding tert-OH is 2. The monoisotopic (exact) mass is 1310 g/mol. The van der Waals surface area contributed by atoms with E-state index in [0.717, 1.165) is 44.9 Å². The fraction of sp³-hybridized carbons (Fsp3) is 0.931. The molecule has 0 heterocycles. The molecule has 0 aliphatic rings. The molecule has 3 N–H and O–H groups in total. The fourth-order valence-corrected chi connectivity index (χ4v) is 13.9. The molecule has 93 heavy (non-hydrogen) atoms. The summed E-state index contributed by atoms with van der Waals surface area (Å²) in [5.74, 6) is -0.0399. The summed E-state index contributed by atoms with van der Waals surface area (Å²) in [6.07, 6.45) is 108. The number of esters is 1. The van der Waals surface area contributed by atoms with Gasteiger partial charge in [-0.2, -0.15) is 0 Å². The molecule has 0 saturated carbocycles. The second kappa shape index (κ2) is 82.8. The van der Waals surface area contributed by atoms with Crippen molar-refractivity contribution in [2.45, 2.75) is 508 Å². The number of carbonyl (C=O) groups is 2. The van der Waals surface area contributed by atoms with Gasteiger partial charge >= 0.3 is 5.97 Å². The molecule has 0 aliphatic heterocycles. The lowest BCUT2D eigenvalue weighted by Crippen LogP contribution is -2.45. The topological polar surface area (TPSA) is 95.9 Å². The van der Waals surface area contributed by atoms with Crippen molar-refractivity contribution in [3.8, 4) is 0 Å². The molecule has 0 fully saturated rings. The lowest BCUT2D eigenvalue weighted by molar-refractivity contribution is -0.143. The number of carbonyl (C=O) groups excluding carboxylic acids is 2. The van der Waals surface area contributed by atoms with Crippen molar-refractivity contribution >= 4 is 11.9 Å². The van der Waals surface area contributed by atoms with E-state index in [4.69, 9.17) is 4.74 Å². The highest BCUT2D eigenvalue weighted by atomic mass is 16.5. The molecule has 0 radical (unpaired) electrons. The number of aliphatic hydroxyl groups is 2. The molecule has 0 bridgehead atoms. The summed E-state index contributed by atoms with van der Waals surface area (Å²) in [7, 11) is 0. The van der Waals surface area contributed by atoms with Crippen LogP contribution in [0, 0.1) is 0 Å². The number of allylic oxidation sites excluding steroid dienone is 3. The summed E-state index contributed by atoms with van der Waals surface area (Å²) in [6, 6.07) is -0.624. The predicted octanol–water partition coefficient (Wildman–Crippen LogP) is 28.8. The first-order chi connectivity index (χ1) is 46.0. The van der Waals surface area contributed by atoms with Crippen molar-refractivity contribution in [3.05, 3.63) is 24.3 Å². The van der Waals surface area contributed by atoms with E-state index >= 15 is 0 Å². The normalized spacial score (nSPS) is 12.5. The lowest BCUT2D eigenvalue weighted by atomic mass is 10.0. The molecule has 0 aromatic carbocycles. The van der Waals surface area contributed by atoms with Crippen LogP contribution in [0.4, 0.5) is 0 Å². The van der Waals surface area contributed by atoms with Gasteiger partial charge in [-0.1, -0.05) is 449 Å². The third-order valence-corrected chi connectivity index (χ3v) is 20.5.